The van der Waals surface area contributed by atoms with E-state index in [1.807, 2.05) is 23.6 Å². The number of carboxylic acids is 1. The lowest BCUT2D eigenvalue weighted by Gasteiger charge is -2.09. The lowest BCUT2D eigenvalue weighted by Crippen LogP contribution is -2.02. The van der Waals surface area contributed by atoms with Crippen molar-refractivity contribution in [3.05, 3.63) is 58.0 Å². The molecule has 0 radical (unpaired) electrons. The molecule has 0 aliphatic heterocycles. The molecule has 3 rings (SSSR count). The zero-order valence-electron chi connectivity index (χ0n) is 15.7. The highest BCUT2D eigenvalue weighted by atomic mass is 35.5. The predicted molar refractivity (Wildman–Crippen MR) is 112 cm³/mol. The Morgan fingerprint density at radius 3 is 2.59 bits per heavy atom. The molecule has 2 aromatic carbocycles. The Kier molecular flexibility index (Phi) is 6.46. The quantitative estimate of drug-likeness (QED) is 0.418. The molecule has 29 heavy (non-hydrogen) atoms. The van der Waals surface area contributed by atoms with Crippen LogP contribution in [0.15, 0.2) is 52.5 Å². The number of nitrogens with zero attached hydrogens (tertiary/aromatic N) is 3. The average Bonchev–Trinajstić information content (AvgIpc) is 3.12. The smallest absolute Gasteiger partial charge is 0.342 e. The number of thioether (sulfide) groups is 1. The summed E-state index contributed by atoms with van der Waals surface area (Å²) >= 11 is 6.90. The van der Waals surface area contributed by atoms with Crippen molar-refractivity contribution in [3.8, 4) is 22.9 Å². The Hall–Kier alpha value is -2.97. The summed E-state index contributed by atoms with van der Waals surface area (Å²) in [5.74, 6) is -0.403. The molecule has 0 atom stereocenters. The zero-order chi connectivity index (χ0) is 21.0. The number of halogens is 1. The fourth-order valence-electron chi connectivity index (χ4n) is 2.66. The zero-order valence-corrected chi connectivity index (χ0v) is 17.2. The van der Waals surface area contributed by atoms with E-state index in [1.165, 1.54) is 13.2 Å². The van der Waals surface area contributed by atoms with Crippen LogP contribution in [0, 0.1) is 0 Å². The van der Waals surface area contributed by atoms with E-state index in [0.29, 0.717) is 28.1 Å². The molecule has 0 spiro atoms. The van der Waals surface area contributed by atoms with Gasteiger partial charge < -0.3 is 19.5 Å². The number of benzene rings is 2. The first kappa shape index (κ1) is 20.8. The van der Waals surface area contributed by atoms with Crippen LogP contribution in [0.3, 0.4) is 0 Å². The largest absolute Gasteiger partial charge is 0.504 e. The summed E-state index contributed by atoms with van der Waals surface area (Å²) in [5.41, 5.74) is 1.15. The van der Waals surface area contributed by atoms with Gasteiger partial charge >= 0.3 is 5.97 Å². The van der Waals surface area contributed by atoms with Gasteiger partial charge in [-0.05, 0) is 55.1 Å². The topological polar surface area (TPSA) is 97.5 Å². The lowest BCUT2D eigenvalue weighted by molar-refractivity contribution is -0.131. The van der Waals surface area contributed by atoms with E-state index in [1.54, 1.807) is 30.3 Å². The van der Waals surface area contributed by atoms with E-state index >= 15 is 0 Å². The fraction of sp³-hybridized carbons (Fsp3) is 0.150. The Bertz CT molecular complexity index is 1060. The SMILES string of the molecule is CCn1c(S/C(=C\c2cccc(OC)c2O)C(=O)O)nnc1-c1ccc(Cl)cc1. The maximum Gasteiger partial charge on any atom is 0.342 e. The number of aliphatic carboxylic acids is 1. The number of hydrogen-bond acceptors (Lipinski definition) is 6. The number of phenolic OH excluding ortho intramolecular Hbond substituents is 1. The molecule has 0 saturated heterocycles. The maximum absolute atomic E-state index is 11.8. The van der Waals surface area contributed by atoms with Crippen LogP contribution < -0.4 is 4.74 Å². The van der Waals surface area contributed by atoms with Gasteiger partial charge in [-0.15, -0.1) is 10.2 Å². The van der Waals surface area contributed by atoms with Crippen LogP contribution >= 0.6 is 23.4 Å². The van der Waals surface area contributed by atoms with Gasteiger partial charge in [0.05, 0.1) is 7.11 Å². The maximum atomic E-state index is 11.8. The predicted octanol–water partition coefficient (Wildman–Crippen LogP) is 4.55. The van der Waals surface area contributed by atoms with Crippen LogP contribution in [-0.4, -0.2) is 38.1 Å². The molecule has 0 amide bonds. The van der Waals surface area contributed by atoms with E-state index in [2.05, 4.69) is 10.2 Å². The molecule has 9 heteroatoms. The Morgan fingerprint density at radius 2 is 1.97 bits per heavy atom. The Morgan fingerprint density at radius 1 is 1.24 bits per heavy atom. The molecule has 1 aromatic heterocycles. The van der Waals surface area contributed by atoms with E-state index in [4.69, 9.17) is 16.3 Å². The van der Waals surface area contributed by atoms with Crippen LogP contribution in [0.1, 0.15) is 12.5 Å². The molecule has 3 aromatic rings. The van der Waals surface area contributed by atoms with Crippen LogP contribution in [-0.2, 0) is 11.3 Å². The summed E-state index contributed by atoms with van der Waals surface area (Å²) in [5, 5.41) is 29.3. The molecular formula is C20H18ClN3O4S. The molecular weight excluding hydrogens is 414 g/mol. The van der Waals surface area contributed by atoms with Gasteiger partial charge in [-0.25, -0.2) is 4.79 Å². The summed E-state index contributed by atoms with van der Waals surface area (Å²) < 4.78 is 6.89. The third kappa shape index (κ3) is 4.55. The number of carboxylic acid groups (broad SMARTS) is 1. The van der Waals surface area contributed by atoms with Crippen LogP contribution in [0.5, 0.6) is 11.5 Å². The van der Waals surface area contributed by atoms with Crippen molar-refractivity contribution in [1.29, 1.82) is 0 Å². The molecule has 0 aliphatic carbocycles. The summed E-state index contributed by atoms with van der Waals surface area (Å²) in [4.78, 5) is 11.8. The highest BCUT2D eigenvalue weighted by Crippen LogP contribution is 2.35. The average molecular weight is 432 g/mol. The van der Waals surface area contributed by atoms with Gasteiger partial charge in [0.15, 0.2) is 22.5 Å². The standard InChI is InChI=1S/C20H18ClN3O4S/c1-3-24-18(12-7-9-14(21)10-8-12)22-23-20(24)29-16(19(26)27)11-13-5-4-6-15(28-2)17(13)25/h4-11,25H,3H2,1-2H3,(H,26,27)/b16-11-. The molecule has 0 fully saturated rings. The summed E-state index contributed by atoms with van der Waals surface area (Å²) in [6, 6.07) is 12.0. The summed E-state index contributed by atoms with van der Waals surface area (Å²) in [6.45, 7) is 2.47. The molecule has 0 unspecified atom stereocenters. The van der Waals surface area contributed by atoms with Crippen molar-refractivity contribution < 1.29 is 19.7 Å². The van der Waals surface area contributed by atoms with Crippen LogP contribution in [0.4, 0.5) is 0 Å². The number of carbonyl (C=O) groups is 1. The highest BCUT2D eigenvalue weighted by Gasteiger charge is 2.19. The van der Waals surface area contributed by atoms with Crippen molar-refractivity contribution in [2.75, 3.05) is 7.11 Å². The van der Waals surface area contributed by atoms with Gasteiger partial charge in [-0.3, -0.25) is 0 Å². The number of rotatable bonds is 7. The molecule has 0 saturated carbocycles. The van der Waals surface area contributed by atoms with Gasteiger partial charge in [0.25, 0.3) is 0 Å². The number of aromatic nitrogens is 3. The number of methoxy groups -OCH3 is 1. The lowest BCUT2D eigenvalue weighted by atomic mass is 10.1. The highest BCUT2D eigenvalue weighted by molar-refractivity contribution is 8.04. The van der Waals surface area contributed by atoms with Crippen LogP contribution in [0.25, 0.3) is 17.5 Å². The minimum absolute atomic E-state index is 0.0155. The number of para-hydroxylation sites is 1. The van der Waals surface area contributed by atoms with Gasteiger partial charge in [0, 0.05) is 22.7 Å². The number of phenols is 1. The first-order valence-electron chi connectivity index (χ1n) is 8.62. The van der Waals surface area contributed by atoms with Crippen molar-refractivity contribution in [2.45, 2.75) is 18.6 Å². The molecule has 7 nitrogen and oxygen atoms in total. The number of aromatic hydroxyl groups is 1. The van der Waals surface area contributed by atoms with Crippen molar-refractivity contribution >= 4 is 35.4 Å². The number of ether oxygens (including phenoxy) is 1. The van der Waals surface area contributed by atoms with E-state index < -0.39 is 5.97 Å². The molecule has 0 bridgehead atoms. The van der Waals surface area contributed by atoms with Crippen molar-refractivity contribution in [2.24, 2.45) is 0 Å². The van der Waals surface area contributed by atoms with Gasteiger partial charge in [-0.2, -0.15) is 0 Å². The second-order valence-electron chi connectivity index (χ2n) is 5.87. The number of hydrogen-bond donors (Lipinski definition) is 2. The second-order valence-corrected chi connectivity index (χ2v) is 7.32. The Labute approximate surface area is 176 Å². The summed E-state index contributed by atoms with van der Waals surface area (Å²) in [7, 11) is 1.43. The molecule has 2 N–H and O–H groups in total. The van der Waals surface area contributed by atoms with Crippen LogP contribution in [0.2, 0.25) is 5.02 Å². The fourth-order valence-corrected chi connectivity index (χ4v) is 3.66. The van der Waals surface area contributed by atoms with Gasteiger partial charge in [-0.1, -0.05) is 23.7 Å². The first-order chi connectivity index (χ1) is 13.9. The second kappa shape index (κ2) is 9.02. The van der Waals surface area contributed by atoms with Gasteiger partial charge in [0.1, 0.15) is 4.91 Å². The molecule has 1 heterocycles. The van der Waals surface area contributed by atoms with E-state index in [0.717, 1.165) is 17.3 Å². The molecule has 150 valence electrons. The summed E-state index contributed by atoms with van der Waals surface area (Å²) in [6.07, 6.45) is 1.38. The third-order valence-corrected chi connectivity index (χ3v) is 5.33. The first-order valence-corrected chi connectivity index (χ1v) is 9.82. The van der Waals surface area contributed by atoms with Gasteiger partial charge in [0.2, 0.25) is 0 Å². The third-order valence-electron chi connectivity index (χ3n) is 4.08. The monoisotopic (exact) mass is 431 g/mol. The van der Waals surface area contributed by atoms with Crippen molar-refractivity contribution in [1.82, 2.24) is 14.8 Å². The normalized spacial score (nSPS) is 11.5. The minimum atomic E-state index is -1.14. The van der Waals surface area contributed by atoms with E-state index in [9.17, 15) is 15.0 Å². The van der Waals surface area contributed by atoms with Crippen molar-refractivity contribution in [3.63, 3.8) is 0 Å². The minimum Gasteiger partial charge on any atom is -0.504 e. The molecule has 0 aliphatic rings. The Balaban J connectivity index is 1.98. The van der Waals surface area contributed by atoms with E-state index in [-0.39, 0.29) is 16.4 Å².